The third kappa shape index (κ3) is 4.43. The molecule has 0 aromatic carbocycles. The molecule has 0 bridgehead atoms. The van der Waals surface area contributed by atoms with E-state index in [0.29, 0.717) is 6.73 Å². The van der Waals surface area contributed by atoms with E-state index < -0.39 is 8.07 Å². The van der Waals surface area contributed by atoms with E-state index in [-0.39, 0.29) is 0 Å². The maximum absolute atomic E-state index is 6.11. The van der Waals surface area contributed by atoms with Gasteiger partial charge >= 0.3 is 0 Å². The number of nitrogens with zero attached hydrogens (tertiary/aromatic N) is 5. The lowest BCUT2D eigenvalue weighted by atomic mass is 10.2. The monoisotopic (exact) mass is 467 g/mol. The number of ether oxygens (including phenoxy) is 2. The van der Waals surface area contributed by atoms with Crippen LogP contribution in [0.5, 0.6) is 0 Å². The molecule has 0 amide bonds. The molecule has 0 saturated carbocycles. The molecule has 0 unspecified atom stereocenters. The van der Waals surface area contributed by atoms with Gasteiger partial charge in [0.2, 0.25) is 0 Å². The zero-order chi connectivity index (χ0) is 22.1. The van der Waals surface area contributed by atoms with Gasteiger partial charge in [-0.15, -0.1) is 0 Å². The molecule has 0 atom stereocenters. The second-order valence-electron chi connectivity index (χ2n) is 9.34. The van der Waals surface area contributed by atoms with Crippen LogP contribution < -0.4 is 4.90 Å². The molecule has 5 rings (SSSR count). The lowest BCUT2D eigenvalue weighted by Gasteiger charge is -2.25. The van der Waals surface area contributed by atoms with Crippen LogP contribution in [0.1, 0.15) is 0 Å². The zero-order valence-electron chi connectivity index (χ0n) is 18.9. The van der Waals surface area contributed by atoms with Crippen LogP contribution in [0, 0.1) is 0 Å². The largest absolute Gasteiger partial charge is 0.378 e. The van der Waals surface area contributed by atoms with E-state index >= 15 is 0 Å². The molecular formula is C23H29N5O2SSi. The second-order valence-corrected chi connectivity index (χ2v) is 16.0. The average Bonchev–Trinajstić information content (AvgIpc) is 3.40. The topological polar surface area (TPSA) is 65.3 Å². The highest BCUT2D eigenvalue weighted by Gasteiger charge is 2.18. The van der Waals surface area contributed by atoms with Crippen LogP contribution in [0.25, 0.3) is 32.5 Å². The van der Waals surface area contributed by atoms with Crippen molar-refractivity contribution in [3.05, 3.63) is 36.8 Å². The highest BCUT2D eigenvalue weighted by atomic mass is 32.1. The predicted octanol–water partition coefficient (Wildman–Crippen LogP) is 4.86. The SMILES string of the molecule is C[Si](C)(C)CCOCn1c2ccncc2c2ccc(-c3cnc(N4CCOCC4)s3)nc21. The highest BCUT2D eigenvalue weighted by Crippen LogP contribution is 2.34. The fraction of sp³-hybridized carbons (Fsp3) is 0.435. The third-order valence-corrected chi connectivity index (χ3v) is 8.54. The van der Waals surface area contributed by atoms with Crippen molar-refractivity contribution in [2.75, 3.05) is 37.8 Å². The maximum atomic E-state index is 6.11. The number of thiazole rings is 1. The van der Waals surface area contributed by atoms with Gasteiger partial charge in [0.25, 0.3) is 0 Å². The van der Waals surface area contributed by atoms with E-state index in [2.05, 4.69) is 51.2 Å². The van der Waals surface area contributed by atoms with Crippen molar-refractivity contribution in [3.8, 4) is 10.6 Å². The van der Waals surface area contributed by atoms with Gasteiger partial charge in [-0.2, -0.15) is 0 Å². The first-order valence-corrected chi connectivity index (χ1v) is 15.6. The van der Waals surface area contributed by atoms with Crippen molar-refractivity contribution < 1.29 is 9.47 Å². The quantitative estimate of drug-likeness (QED) is 0.286. The van der Waals surface area contributed by atoms with Crippen molar-refractivity contribution in [2.24, 2.45) is 0 Å². The molecule has 7 nitrogen and oxygen atoms in total. The van der Waals surface area contributed by atoms with E-state index in [1.807, 2.05) is 24.7 Å². The molecule has 168 valence electrons. The van der Waals surface area contributed by atoms with Crippen molar-refractivity contribution >= 4 is 46.5 Å². The number of aromatic nitrogens is 4. The van der Waals surface area contributed by atoms with Crippen LogP contribution in [0.15, 0.2) is 36.8 Å². The molecule has 5 heterocycles. The first-order chi connectivity index (χ1) is 15.5. The summed E-state index contributed by atoms with van der Waals surface area (Å²) in [5.41, 5.74) is 2.97. The van der Waals surface area contributed by atoms with Gasteiger partial charge in [0, 0.05) is 57.1 Å². The Morgan fingerprint density at radius 2 is 1.94 bits per heavy atom. The molecule has 32 heavy (non-hydrogen) atoms. The van der Waals surface area contributed by atoms with Crippen molar-refractivity contribution in [2.45, 2.75) is 32.4 Å². The molecule has 4 aromatic rings. The summed E-state index contributed by atoms with van der Waals surface area (Å²) in [5.74, 6) is 0. The number of morpholine rings is 1. The van der Waals surface area contributed by atoms with E-state index in [9.17, 15) is 0 Å². The van der Waals surface area contributed by atoms with Crippen LogP contribution in [0.3, 0.4) is 0 Å². The Hall–Kier alpha value is -2.33. The fourth-order valence-electron chi connectivity index (χ4n) is 3.89. The zero-order valence-corrected chi connectivity index (χ0v) is 20.7. The summed E-state index contributed by atoms with van der Waals surface area (Å²) in [6.45, 7) is 11.7. The number of hydrogen-bond donors (Lipinski definition) is 0. The van der Waals surface area contributed by atoms with E-state index in [1.54, 1.807) is 11.3 Å². The molecule has 1 saturated heterocycles. The van der Waals surface area contributed by atoms with Crippen LogP contribution in [0.2, 0.25) is 25.7 Å². The van der Waals surface area contributed by atoms with Crippen LogP contribution in [-0.4, -0.2) is 60.5 Å². The number of rotatable bonds is 7. The van der Waals surface area contributed by atoms with Crippen molar-refractivity contribution in [1.82, 2.24) is 19.5 Å². The summed E-state index contributed by atoms with van der Waals surface area (Å²) in [6.07, 6.45) is 5.68. The second kappa shape index (κ2) is 8.90. The minimum atomic E-state index is -1.13. The molecule has 1 aliphatic rings. The van der Waals surface area contributed by atoms with Crippen LogP contribution in [0.4, 0.5) is 5.13 Å². The maximum Gasteiger partial charge on any atom is 0.186 e. The van der Waals surface area contributed by atoms with Crippen molar-refractivity contribution in [1.29, 1.82) is 0 Å². The normalized spacial score (nSPS) is 15.2. The molecule has 0 N–H and O–H groups in total. The summed E-state index contributed by atoms with van der Waals surface area (Å²) in [4.78, 5) is 17.4. The van der Waals surface area contributed by atoms with Gasteiger partial charge in [0.05, 0.1) is 29.3 Å². The van der Waals surface area contributed by atoms with E-state index in [1.165, 1.54) is 0 Å². The summed E-state index contributed by atoms with van der Waals surface area (Å²) in [7, 11) is -1.13. The standard InChI is InChI=1S/C23H29N5O2SSi/c1-32(2,3)13-12-30-16-28-20-6-7-24-14-18(20)17-4-5-19(26-22(17)28)21-15-25-23(31-21)27-8-10-29-11-9-27/h4-7,14-15H,8-13,16H2,1-3H3. The molecule has 0 aliphatic carbocycles. The minimum absolute atomic E-state index is 0.493. The van der Waals surface area contributed by atoms with Gasteiger partial charge in [-0.1, -0.05) is 31.0 Å². The van der Waals surface area contributed by atoms with Gasteiger partial charge in [-0.3, -0.25) is 4.98 Å². The predicted molar refractivity (Wildman–Crippen MR) is 133 cm³/mol. The first-order valence-electron chi connectivity index (χ1n) is 11.1. The molecule has 1 fully saturated rings. The summed E-state index contributed by atoms with van der Waals surface area (Å²) < 4.78 is 13.7. The Morgan fingerprint density at radius 3 is 2.75 bits per heavy atom. The highest BCUT2D eigenvalue weighted by molar-refractivity contribution is 7.18. The molecule has 9 heteroatoms. The fourth-order valence-corrected chi connectivity index (χ4v) is 5.59. The van der Waals surface area contributed by atoms with Crippen LogP contribution >= 0.6 is 11.3 Å². The van der Waals surface area contributed by atoms with Gasteiger partial charge in [-0.05, 0) is 24.2 Å². The van der Waals surface area contributed by atoms with E-state index in [0.717, 1.165) is 76.6 Å². The average molecular weight is 468 g/mol. The third-order valence-electron chi connectivity index (χ3n) is 5.75. The molecule has 4 aromatic heterocycles. The molecule has 0 spiro atoms. The Morgan fingerprint density at radius 1 is 1.09 bits per heavy atom. The van der Waals surface area contributed by atoms with Gasteiger partial charge < -0.3 is 18.9 Å². The van der Waals surface area contributed by atoms with Gasteiger partial charge in [0.1, 0.15) is 12.4 Å². The number of hydrogen-bond acceptors (Lipinski definition) is 7. The van der Waals surface area contributed by atoms with Crippen LogP contribution in [-0.2, 0) is 16.2 Å². The van der Waals surface area contributed by atoms with Gasteiger partial charge in [0.15, 0.2) is 5.13 Å². The molecule has 1 aliphatic heterocycles. The molecular weight excluding hydrogens is 438 g/mol. The number of fused-ring (bicyclic) bond motifs is 3. The number of pyridine rings is 2. The Balaban J connectivity index is 1.47. The van der Waals surface area contributed by atoms with Crippen molar-refractivity contribution in [3.63, 3.8) is 0 Å². The Bertz CT molecular complexity index is 1230. The Kier molecular flexibility index (Phi) is 5.98. The lowest BCUT2D eigenvalue weighted by Crippen LogP contribution is -2.36. The summed E-state index contributed by atoms with van der Waals surface area (Å²) in [5, 5.41) is 3.24. The Labute approximate surface area is 193 Å². The van der Waals surface area contributed by atoms with Gasteiger partial charge in [-0.25, -0.2) is 9.97 Å². The summed E-state index contributed by atoms with van der Waals surface area (Å²) in [6, 6.07) is 7.42. The lowest BCUT2D eigenvalue weighted by molar-refractivity contribution is 0.0926. The smallest absolute Gasteiger partial charge is 0.186 e. The van der Waals surface area contributed by atoms with E-state index in [4.69, 9.17) is 14.5 Å². The number of anilines is 1. The molecule has 0 radical (unpaired) electrons. The first kappa shape index (κ1) is 21.5. The minimum Gasteiger partial charge on any atom is -0.378 e. The summed E-state index contributed by atoms with van der Waals surface area (Å²) >= 11 is 1.69.